The molecule has 0 saturated heterocycles. The van der Waals surface area contributed by atoms with Gasteiger partial charge in [0.2, 0.25) is 0 Å². The van der Waals surface area contributed by atoms with Crippen LogP contribution in [0.4, 0.5) is 0 Å². The van der Waals surface area contributed by atoms with Crippen LogP contribution in [0, 0.1) is 5.92 Å². The first-order valence-corrected chi connectivity index (χ1v) is 7.27. The summed E-state index contributed by atoms with van der Waals surface area (Å²) in [6, 6.07) is 19.7. The quantitative estimate of drug-likeness (QED) is 0.931. The topological polar surface area (TPSA) is 41.8 Å². The van der Waals surface area contributed by atoms with E-state index in [1.54, 1.807) is 0 Å². The normalized spacial score (nSPS) is 20.5. The van der Waals surface area contributed by atoms with Crippen molar-refractivity contribution in [1.82, 2.24) is 0 Å². The Balaban J connectivity index is 1.67. The number of benzene rings is 2. The molecule has 1 aliphatic rings. The minimum Gasteiger partial charge on any atom is -0.391 e. The van der Waals surface area contributed by atoms with Crippen LogP contribution in [0.1, 0.15) is 30.6 Å². The molecular formula is C18H19NO2. The molecule has 3 heteroatoms. The molecule has 2 aromatic rings. The fourth-order valence-electron chi connectivity index (χ4n) is 2.64. The van der Waals surface area contributed by atoms with E-state index in [1.165, 1.54) is 0 Å². The van der Waals surface area contributed by atoms with Gasteiger partial charge in [0.05, 0.1) is 11.8 Å². The third kappa shape index (κ3) is 2.98. The number of oxime groups is 1. The number of hydrogen-bond donors (Lipinski definition) is 1. The summed E-state index contributed by atoms with van der Waals surface area (Å²) in [4.78, 5) is 5.55. The maximum atomic E-state index is 10.5. The van der Waals surface area contributed by atoms with Gasteiger partial charge in [-0.15, -0.1) is 0 Å². The molecular weight excluding hydrogens is 262 g/mol. The molecule has 108 valence electrons. The zero-order chi connectivity index (χ0) is 14.7. The molecule has 1 aliphatic heterocycles. The first-order chi connectivity index (χ1) is 10.3. The Hall–Kier alpha value is -2.13. The highest BCUT2D eigenvalue weighted by molar-refractivity contribution is 6.01. The van der Waals surface area contributed by atoms with Crippen molar-refractivity contribution in [3.05, 3.63) is 71.8 Å². The van der Waals surface area contributed by atoms with E-state index in [0.717, 1.165) is 23.3 Å². The lowest BCUT2D eigenvalue weighted by Crippen LogP contribution is -2.24. The lowest BCUT2D eigenvalue weighted by atomic mass is 9.89. The third-order valence-corrected chi connectivity index (χ3v) is 4.03. The summed E-state index contributed by atoms with van der Waals surface area (Å²) in [5, 5.41) is 14.7. The second kappa shape index (κ2) is 6.10. The molecule has 1 heterocycles. The molecule has 0 saturated carbocycles. The number of nitrogens with zero attached hydrogens (tertiary/aromatic N) is 1. The molecule has 0 fully saturated rings. The Morgan fingerprint density at radius 2 is 1.67 bits per heavy atom. The minimum absolute atomic E-state index is 0.0163. The lowest BCUT2D eigenvalue weighted by molar-refractivity contribution is -0.0118. The van der Waals surface area contributed by atoms with Crippen LogP contribution >= 0.6 is 0 Å². The summed E-state index contributed by atoms with van der Waals surface area (Å²) in [5.74, 6) is -0.0163. The standard InChI is InChI=1S/C18H19NO2/c1-13(18(20)15-10-6-3-7-11-15)17-12-16(19-21-17)14-8-4-2-5-9-14/h2-11,13,17-18,20H,12H2,1H3. The molecule has 3 rings (SSSR count). The first-order valence-electron chi connectivity index (χ1n) is 7.27. The Labute approximate surface area is 124 Å². The summed E-state index contributed by atoms with van der Waals surface area (Å²) in [5.41, 5.74) is 2.95. The van der Waals surface area contributed by atoms with Gasteiger partial charge in [0.1, 0.15) is 6.10 Å². The zero-order valence-electron chi connectivity index (χ0n) is 12.0. The van der Waals surface area contributed by atoms with E-state index in [9.17, 15) is 5.11 Å². The smallest absolute Gasteiger partial charge is 0.138 e. The van der Waals surface area contributed by atoms with Crippen LogP contribution in [-0.4, -0.2) is 16.9 Å². The van der Waals surface area contributed by atoms with Gasteiger partial charge in [0, 0.05) is 12.3 Å². The minimum atomic E-state index is -0.540. The first kappa shape index (κ1) is 13.8. The highest BCUT2D eigenvalue weighted by Crippen LogP contribution is 2.31. The van der Waals surface area contributed by atoms with Gasteiger partial charge in [0.25, 0.3) is 0 Å². The van der Waals surface area contributed by atoms with E-state index in [1.807, 2.05) is 67.6 Å². The van der Waals surface area contributed by atoms with Crippen molar-refractivity contribution in [1.29, 1.82) is 0 Å². The molecule has 0 aliphatic carbocycles. The second-order valence-electron chi connectivity index (χ2n) is 5.47. The van der Waals surface area contributed by atoms with Crippen LogP contribution in [0.5, 0.6) is 0 Å². The molecule has 21 heavy (non-hydrogen) atoms. The predicted octanol–water partition coefficient (Wildman–Crippen LogP) is 3.55. The maximum absolute atomic E-state index is 10.5. The van der Waals surface area contributed by atoms with E-state index in [0.29, 0.717) is 0 Å². The molecule has 0 aromatic heterocycles. The van der Waals surface area contributed by atoms with Gasteiger partial charge in [-0.2, -0.15) is 0 Å². The summed E-state index contributed by atoms with van der Waals surface area (Å²) in [6.45, 7) is 2.01. The van der Waals surface area contributed by atoms with Crippen LogP contribution in [-0.2, 0) is 4.84 Å². The highest BCUT2D eigenvalue weighted by atomic mass is 16.6. The number of rotatable bonds is 4. The van der Waals surface area contributed by atoms with Crippen LogP contribution in [0.25, 0.3) is 0 Å². The largest absolute Gasteiger partial charge is 0.391 e. The Morgan fingerprint density at radius 1 is 1.05 bits per heavy atom. The monoisotopic (exact) mass is 281 g/mol. The average Bonchev–Trinajstić information content (AvgIpc) is 3.05. The molecule has 0 amide bonds. The van der Waals surface area contributed by atoms with E-state index in [2.05, 4.69) is 5.16 Å². The molecule has 0 bridgehead atoms. The molecule has 1 N–H and O–H groups in total. The second-order valence-corrected chi connectivity index (χ2v) is 5.47. The van der Waals surface area contributed by atoms with Crippen LogP contribution < -0.4 is 0 Å². The van der Waals surface area contributed by atoms with Crippen molar-refractivity contribution in [2.75, 3.05) is 0 Å². The van der Waals surface area contributed by atoms with E-state index in [-0.39, 0.29) is 12.0 Å². The van der Waals surface area contributed by atoms with Gasteiger partial charge in [-0.25, -0.2) is 0 Å². The highest BCUT2D eigenvalue weighted by Gasteiger charge is 2.32. The maximum Gasteiger partial charge on any atom is 0.138 e. The van der Waals surface area contributed by atoms with Gasteiger partial charge >= 0.3 is 0 Å². The molecule has 3 atom stereocenters. The lowest BCUT2D eigenvalue weighted by Gasteiger charge is -2.23. The van der Waals surface area contributed by atoms with Crippen LogP contribution in [0.2, 0.25) is 0 Å². The SMILES string of the molecule is CC(C1CC(c2ccccc2)=NO1)C(O)c1ccccc1. The van der Waals surface area contributed by atoms with Crippen LogP contribution in [0.15, 0.2) is 65.8 Å². The van der Waals surface area contributed by atoms with Crippen molar-refractivity contribution in [2.24, 2.45) is 11.1 Å². The van der Waals surface area contributed by atoms with Gasteiger partial charge in [-0.3, -0.25) is 0 Å². The predicted molar refractivity (Wildman–Crippen MR) is 83.0 cm³/mol. The van der Waals surface area contributed by atoms with E-state index in [4.69, 9.17) is 4.84 Å². The number of aliphatic hydroxyl groups is 1. The van der Waals surface area contributed by atoms with E-state index < -0.39 is 6.10 Å². The van der Waals surface area contributed by atoms with Crippen LogP contribution in [0.3, 0.4) is 0 Å². The summed E-state index contributed by atoms with van der Waals surface area (Å²) in [6.07, 6.45) is 0.103. The van der Waals surface area contributed by atoms with Gasteiger partial charge in [-0.05, 0) is 11.1 Å². The summed E-state index contributed by atoms with van der Waals surface area (Å²) < 4.78 is 0. The van der Waals surface area contributed by atoms with Gasteiger partial charge in [0.15, 0.2) is 0 Å². The number of hydrogen-bond acceptors (Lipinski definition) is 3. The molecule has 3 unspecified atom stereocenters. The third-order valence-electron chi connectivity index (χ3n) is 4.03. The molecule has 0 spiro atoms. The van der Waals surface area contributed by atoms with Gasteiger partial charge in [-0.1, -0.05) is 72.7 Å². The Bertz CT molecular complexity index is 610. The molecule has 0 radical (unpaired) electrons. The van der Waals surface area contributed by atoms with Crippen molar-refractivity contribution < 1.29 is 9.94 Å². The summed E-state index contributed by atoms with van der Waals surface area (Å²) in [7, 11) is 0. The fraction of sp³-hybridized carbons (Fsp3) is 0.278. The Morgan fingerprint density at radius 3 is 2.33 bits per heavy atom. The average molecular weight is 281 g/mol. The fourth-order valence-corrected chi connectivity index (χ4v) is 2.64. The molecule has 2 aromatic carbocycles. The molecule has 3 nitrogen and oxygen atoms in total. The van der Waals surface area contributed by atoms with Crippen molar-refractivity contribution in [3.63, 3.8) is 0 Å². The Kier molecular flexibility index (Phi) is 4.02. The number of aliphatic hydroxyl groups excluding tert-OH is 1. The van der Waals surface area contributed by atoms with Crippen molar-refractivity contribution >= 4 is 5.71 Å². The van der Waals surface area contributed by atoms with Gasteiger partial charge < -0.3 is 9.94 Å². The van der Waals surface area contributed by atoms with Crippen molar-refractivity contribution in [3.8, 4) is 0 Å². The zero-order valence-corrected chi connectivity index (χ0v) is 12.0. The van der Waals surface area contributed by atoms with Crippen molar-refractivity contribution in [2.45, 2.75) is 25.6 Å². The van der Waals surface area contributed by atoms with E-state index >= 15 is 0 Å². The summed E-state index contributed by atoms with van der Waals surface area (Å²) >= 11 is 0.